The lowest BCUT2D eigenvalue weighted by molar-refractivity contribution is 0.299. The van der Waals surface area contributed by atoms with Gasteiger partial charge in [0.05, 0.1) is 0 Å². The Morgan fingerprint density at radius 2 is 2.12 bits per heavy atom. The van der Waals surface area contributed by atoms with Crippen LogP contribution in [0.5, 0.6) is 0 Å². The average molecular weight is 345 g/mol. The van der Waals surface area contributed by atoms with Crippen LogP contribution in [0.25, 0.3) is 10.9 Å². The first kappa shape index (κ1) is 16.5. The Morgan fingerprint density at radius 3 is 2.88 bits per heavy atom. The first-order chi connectivity index (χ1) is 11.4. The number of aryl methyl sites for hydroxylation is 1. The lowest BCUT2D eigenvalue weighted by Gasteiger charge is -2.25. The van der Waals surface area contributed by atoms with E-state index < -0.39 is 0 Å². The third kappa shape index (κ3) is 2.99. The van der Waals surface area contributed by atoms with Gasteiger partial charge in [0.2, 0.25) is 0 Å². The molecule has 1 aliphatic heterocycles. The molecule has 1 fully saturated rings. The van der Waals surface area contributed by atoms with E-state index in [1.54, 1.807) is 0 Å². The van der Waals surface area contributed by atoms with E-state index in [0.717, 1.165) is 37.0 Å². The molecule has 130 valence electrons. The van der Waals surface area contributed by atoms with Crippen LogP contribution >= 0.6 is 11.6 Å². The van der Waals surface area contributed by atoms with Gasteiger partial charge >= 0.3 is 0 Å². The van der Waals surface area contributed by atoms with E-state index in [4.69, 9.17) is 11.6 Å². The molecule has 2 aliphatic rings. The van der Waals surface area contributed by atoms with Crippen molar-refractivity contribution in [2.45, 2.75) is 59.0 Å². The predicted molar refractivity (Wildman–Crippen MR) is 103 cm³/mol. The van der Waals surface area contributed by atoms with Crippen LogP contribution in [-0.2, 0) is 19.5 Å². The second-order valence-corrected chi connectivity index (χ2v) is 9.22. The van der Waals surface area contributed by atoms with Crippen molar-refractivity contribution in [2.75, 3.05) is 13.6 Å². The fourth-order valence-electron chi connectivity index (χ4n) is 4.94. The number of aromatic nitrogens is 1. The zero-order chi connectivity index (χ0) is 16.9. The van der Waals surface area contributed by atoms with Gasteiger partial charge in [0.25, 0.3) is 0 Å². The molecule has 2 heterocycles. The molecule has 0 bridgehead atoms. The highest BCUT2D eigenvalue weighted by Gasteiger charge is 2.31. The van der Waals surface area contributed by atoms with E-state index in [2.05, 4.69) is 42.5 Å². The highest BCUT2D eigenvalue weighted by molar-refractivity contribution is 6.31. The summed E-state index contributed by atoms with van der Waals surface area (Å²) in [5.41, 5.74) is 5.00. The summed E-state index contributed by atoms with van der Waals surface area (Å²) < 4.78 is 2.60. The van der Waals surface area contributed by atoms with Crippen LogP contribution in [0.15, 0.2) is 18.2 Å². The van der Waals surface area contributed by atoms with Gasteiger partial charge in [-0.3, -0.25) is 0 Å². The Labute approximate surface area is 150 Å². The lowest BCUT2D eigenvalue weighted by Crippen LogP contribution is -2.28. The zero-order valence-corrected chi connectivity index (χ0v) is 16.0. The fraction of sp³-hybridized carbons (Fsp3) is 0.619. The minimum atomic E-state index is 0.552. The molecule has 1 aromatic heterocycles. The molecule has 1 aromatic carbocycles. The van der Waals surface area contributed by atoms with Crippen LogP contribution in [0.1, 0.15) is 50.8 Å². The first-order valence-corrected chi connectivity index (χ1v) is 9.79. The largest absolute Gasteiger partial charge is 0.343 e. The Bertz CT molecular complexity index is 759. The van der Waals surface area contributed by atoms with Crippen molar-refractivity contribution in [2.24, 2.45) is 11.3 Å². The summed E-state index contributed by atoms with van der Waals surface area (Å²) in [4.78, 5) is 2.44. The van der Waals surface area contributed by atoms with Crippen molar-refractivity contribution in [3.63, 3.8) is 0 Å². The van der Waals surface area contributed by atoms with E-state index in [1.165, 1.54) is 47.8 Å². The Kier molecular flexibility index (Phi) is 4.17. The summed E-state index contributed by atoms with van der Waals surface area (Å²) in [6.07, 6.45) is 6.64. The van der Waals surface area contributed by atoms with Gasteiger partial charge in [-0.2, -0.15) is 0 Å². The molecular formula is C21H29ClN2. The molecule has 4 rings (SSSR count). The topological polar surface area (TPSA) is 8.17 Å². The maximum atomic E-state index is 6.29. The number of halogens is 1. The van der Waals surface area contributed by atoms with E-state index in [0.29, 0.717) is 5.41 Å². The normalized spacial score (nSPS) is 23.8. The number of hydrogen-bond donors (Lipinski definition) is 0. The van der Waals surface area contributed by atoms with Crippen molar-refractivity contribution < 1.29 is 0 Å². The molecule has 1 atom stereocenters. The number of hydrogen-bond acceptors (Lipinski definition) is 1. The molecule has 1 aliphatic carbocycles. The minimum Gasteiger partial charge on any atom is -0.343 e. The van der Waals surface area contributed by atoms with Gasteiger partial charge in [0.15, 0.2) is 0 Å². The van der Waals surface area contributed by atoms with Crippen molar-refractivity contribution in [3.8, 4) is 0 Å². The Balaban J connectivity index is 1.65. The van der Waals surface area contributed by atoms with Crippen LogP contribution in [-0.4, -0.2) is 23.1 Å². The molecule has 24 heavy (non-hydrogen) atoms. The first-order valence-electron chi connectivity index (χ1n) is 9.41. The predicted octanol–water partition coefficient (Wildman–Crippen LogP) is 5.50. The molecule has 0 N–H and O–H groups in total. The molecule has 2 nitrogen and oxygen atoms in total. The van der Waals surface area contributed by atoms with Crippen molar-refractivity contribution >= 4 is 22.5 Å². The quantitative estimate of drug-likeness (QED) is 0.713. The van der Waals surface area contributed by atoms with Gasteiger partial charge in [0.1, 0.15) is 0 Å². The van der Waals surface area contributed by atoms with Gasteiger partial charge in [0, 0.05) is 41.3 Å². The number of fused-ring (bicyclic) bond motifs is 3. The van der Waals surface area contributed by atoms with Gasteiger partial charge in [-0.05, 0) is 74.2 Å². The Morgan fingerprint density at radius 1 is 1.29 bits per heavy atom. The fourth-order valence-corrected chi connectivity index (χ4v) is 5.11. The Hall–Kier alpha value is -0.990. The monoisotopic (exact) mass is 344 g/mol. The van der Waals surface area contributed by atoms with Gasteiger partial charge in [-0.25, -0.2) is 0 Å². The third-order valence-electron chi connectivity index (χ3n) is 6.24. The zero-order valence-electron chi connectivity index (χ0n) is 15.2. The summed E-state index contributed by atoms with van der Waals surface area (Å²) in [7, 11) is 2.23. The molecule has 3 heteroatoms. The number of benzene rings is 1. The average Bonchev–Trinajstić information content (AvgIpc) is 3.02. The minimum absolute atomic E-state index is 0.552. The van der Waals surface area contributed by atoms with Crippen LogP contribution in [0.4, 0.5) is 0 Å². The molecular weight excluding hydrogens is 316 g/mol. The standard InChI is InChI=1S/C21H29ClN2/c1-21(2)9-6-15(13-21)7-11-24-19-5-4-16(22)12-18(19)17-8-10-23(3)14-20(17)24/h4-5,12,15H,6-11,13-14H2,1-3H3. The van der Waals surface area contributed by atoms with Crippen molar-refractivity contribution in [3.05, 3.63) is 34.5 Å². The molecule has 1 saturated carbocycles. The highest BCUT2D eigenvalue weighted by atomic mass is 35.5. The SMILES string of the molecule is CN1CCc2c(n(CCC3CCC(C)(C)C3)c3ccc(Cl)cc23)C1. The summed E-state index contributed by atoms with van der Waals surface area (Å²) in [5.74, 6) is 0.890. The molecule has 0 saturated heterocycles. The molecule has 0 radical (unpaired) electrons. The van der Waals surface area contributed by atoms with Crippen LogP contribution < -0.4 is 0 Å². The summed E-state index contributed by atoms with van der Waals surface area (Å²) in [5, 5.41) is 2.25. The van der Waals surface area contributed by atoms with Crippen LogP contribution in [0, 0.1) is 11.3 Å². The smallest absolute Gasteiger partial charge is 0.0486 e. The molecule has 2 aromatic rings. The van der Waals surface area contributed by atoms with Crippen LogP contribution in [0.2, 0.25) is 5.02 Å². The maximum absolute atomic E-state index is 6.29. The summed E-state index contributed by atoms with van der Waals surface area (Å²) in [6, 6.07) is 6.46. The second kappa shape index (κ2) is 6.07. The summed E-state index contributed by atoms with van der Waals surface area (Å²) >= 11 is 6.29. The number of nitrogens with zero attached hydrogens (tertiary/aromatic N) is 2. The van der Waals surface area contributed by atoms with Gasteiger partial charge < -0.3 is 9.47 Å². The highest BCUT2D eigenvalue weighted by Crippen LogP contribution is 2.43. The van der Waals surface area contributed by atoms with Crippen LogP contribution in [0.3, 0.4) is 0 Å². The molecule has 0 amide bonds. The van der Waals surface area contributed by atoms with Gasteiger partial charge in [-0.15, -0.1) is 0 Å². The van der Waals surface area contributed by atoms with E-state index in [1.807, 2.05) is 6.07 Å². The maximum Gasteiger partial charge on any atom is 0.0486 e. The van der Waals surface area contributed by atoms with Gasteiger partial charge in [-0.1, -0.05) is 25.4 Å². The van der Waals surface area contributed by atoms with Crippen molar-refractivity contribution in [1.29, 1.82) is 0 Å². The summed E-state index contributed by atoms with van der Waals surface area (Å²) in [6.45, 7) is 8.23. The van der Waals surface area contributed by atoms with E-state index in [9.17, 15) is 0 Å². The van der Waals surface area contributed by atoms with Crippen molar-refractivity contribution in [1.82, 2.24) is 9.47 Å². The number of rotatable bonds is 3. The van der Waals surface area contributed by atoms with E-state index in [-0.39, 0.29) is 0 Å². The lowest BCUT2D eigenvalue weighted by atomic mass is 9.90. The molecule has 1 unspecified atom stereocenters. The second-order valence-electron chi connectivity index (χ2n) is 8.79. The molecule has 0 spiro atoms. The number of likely N-dealkylation sites (N-methyl/N-ethyl adjacent to an activating group) is 1. The van der Waals surface area contributed by atoms with E-state index >= 15 is 0 Å². The third-order valence-corrected chi connectivity index (χ3v) is 6.48.